The van der Waals surface area contributed by atoms with Crippen molar-refractivity contribution in [3.63, 3.8) is 0 Å². The maximum Gasteiger partial charge on any atom is 0.267 e. The van der Waals surface area contributed by atoms with E-state index in [-0.39, 0.29) is 29.8 Å². The van der Waals surface area contributed by atoms with Crippen molar-refractivity contribution >= 4 is 63.0 Å². The standard InChI is InChI=1S/C27H21N3O3S2/c1-17-9-5-7-13-20(17)28-22(31)16-29-21-14-8-6-12-19(21)23(25(29)32)24-26(33)30(27(34)35-24)15-18-10-3-2-4-11-18/h2-14H,15-16H2,1H3,(H,28,31). The maximum absolute atomic E-state index is 13.6. The number of benzene rings is 3. The molecule has 6 nitrogen and oxygen atoms in total. The van der Waals surface area contributed by atoms with E-state index in [1.165, 1.54) is 9.80 Å². The van der Waals surface area contributed by atoms with Gasteiger partial charge in [0.25, 0.3) is 11.8 Å². The Kier molecular flexibility index (Phi) is 6.23. The molecule has 0 radical (unpaired) electrons. The third kappa shape index (κ3) is 4.38. The number of thiocarbonyl (C=S) groups is 1. The molecule has 0 aliphatic carbocycles. The number of carbonyl (C=O) groups is 3. The number of aryl methyl sites for hydroxylation is 1. The molecule has 0 bridgehead atoms. The van der Waals surface area contributed by atoms with Gasteiger partial charge in [-0.25, -0.2) is 0 Å². The van der Waals surface area contributed by atoms with E-state index >= 15 is 0 Å². The number of nitrogens with zero attached hydrogens (tertiary/aromatic N) is 2. The number of fused-ring (bicyclic) bond motifs is 1. The van der Waals surface area contributed by atoms with Crippen LogP contribution in [0.15, 0.2) is 83.8 Å². The first-order valence-corrected chi connectivity index (χ1v) is 12.2. The molecule has 174 valence electrons. The van der Waals surface area contributed by atoms with Gasteiger partial charge in [0, 0.05) is 11.3 Å². The van der Waals surface area contributed by atoms with Crippen molar-refractivity contribution in [2.45, 2.75) is 13.5 Å². The molecule has 3 aromatic rings. The molecule has 1 N–H and O–H groups in total. The molecule has 2 aliphatic rings. The molecule has 1 fully saturated rings. The van der Waals surface area contributed by atoms with Crippen LogP contribution in [0.5, 0.6) is 0 Å². The lowest BCUT2D eigenvalue weighted by Gasteiger charge is -2.17. The fourth-order valence-electron chi connectivity index (χ4n) is 4.15. The molecular formula is C27H21N3O3S2. The minimum atomic E-state index is -0.383. The number of hydrogen-bond acceptors (Lipinski definition) is 5. The van der Waals surface area contributed by atoms with Gasteiger partial charge in [-0.05, 0) is 30.2 Å². The van der Waals surface area contributed by atoms with Crippen molar-refractivity contribution in [3.05, 3.63) is 100 Å². The Labute approximate surface area is 212 Å². The fourth-order valence-corrected chi connectivity index (χ4v) is 5.48. The van der Waals surface area contributed by atoms with Crippen molar-refractivity contribution in [1.82, 2.24) is 4.90 Å². The number of para-hydroxylation sites is 2. The van der Waals surface area contributed by atoms with Crippen molar-refractivity contribution in [3.8, 4) is 0 Å². The summed E-state index contributed by atoms with van der Waals surface area (Å²) in [5.41, 5.74) is 4.08. The van der Waals surface area contributed by atoms with Crippen molar-refractivity contribution in [2.24, 2.45) is 0 Å². The van der Waals surface area contributed by atoms with E-state index in [0.717, 1.165) is 22.9 Å². The molecule has 3 amide bonds. The second kappa shape index (κ2) is 9.48. The number of carbonyl (C=O) groups excluding carboxylic acids is 3. The normalized spacial score (nSPS) is 17.2. The number of thioether (sulfide) groups is 1. The van der Waals surface area contributed by atoms with E-state index in [1.807, 2.05) is 73.7 Å². The molecule has 5 rings (SSSR count). The average molecular weight is 500 g/mol. The van der Waals surface area contributed by atoms with Gasteiger partial charge < -0.3 is 5.32 Å². The predicted octanol–water partition coefficient (Wildman–Crippen LogP) is 4.75. The molecule has 2 heterocycles. The minimum absolute atomic E-state index is 0.169. The van der Waals surface area contributed by atoms with Crippen LogP contribution in [0, 0.1) is 6.92 Å². The smallest absolute Gasteiger partial charge is 0.267 e. The van der Waals surface area contributed by atoms with Gasteiger partial charge in [0.1, 0.15) is 10.9 Å². The highest BCUT2D eigenvalue weighted by Gasteiger charge is 2.42. The van der Waals surface area contributed by atoms with Crippen LogP contribution in [0.3, 0.4) is 0 Å². The lowest BCUT2D eigenvalue weighted by atomic mass is 10.1. The lowest BCUT2D eigenvalue weighted by molar-refractivity contribution is -0.122. The summed E-state index contributed by atoms with van der Waals surface area (Å²) in [6, 6.07) is 24.2. The van der Waals surface area contributed by atoms with Crippen LogP contribution in [0.1, 0.15) is 16.7 Å². The van der Waals surface area contributed by atoms with Crippen LogP contribution in [0.4, 0.5) is 11.4 Å². The monoisotopic (exact) mass is 499 g/mol. The van der Waals surface area contributed by atoms with Crippen molar-refractivity contribution in [1.29, 1.82) is 0 Å². The van der Waals surface area contributed by atoms with Gasteiger partial charge in [-0.1, -0.05) is 90.7 Å². The highest BCUT2D eigenvalue weighted by atomic mass is 32.2. The second-order valence-electron chi connectivity index (χ2n) is 8.22. The van der Waals surface area contributed by atoms with Gasteiger partial charge in [-0.2, -0.15) is 0 Å². The van der Waals surface area contributed by atoms with Crippen LogP contribution in [0.25, 0.3) is 5.57 Å². The molecule has 0 unspecified atom stereocenters. The van der Waals surface area contributed by atoms with Crippen LogP contribution in [-0.2, 0) is 20.9 Å². The Hall–Kier alpha value is -3.75. The summed E-state index contributed by atoms with van der Waals surface area (Å²) in [5, 5.41) is 2.87. The molecule has 3 aromatic carbocycles. The number of hydrogen-bond donors (Lipinski definition) is 1. The van der Waals surface area contributed by atoms with E-state index in [2.05, 4.69) is 5.32 Å². The van der Waals surface area contributed by atoms with Crippen LogP contribution in [-0.4, -0.2) is 33.5 Å². The lowest BCUT2D eigenvalue weighted by Crippen LogP contribution is -2.35. The molecule has 35 heavy (non-hydrogen) atoms. The number of amides is 3. The number of rotatable bonds is 5. The van der Waals surface area contributed by atoms with Crippen LogP contribution >= 0.6 is 24.0 Å². The van der Waals surface area contributed by atoms with Gasteiger partial charge in [0.05, 0.1) is 22.7 Å². The number of anilines is 2. The molecule has 0 spiro atoms. The summed E-state index contributed by atoms with van der Waals surface area (Å²) in [7, 11) is 0. The zero-order valence-electron chi connectivity index (χ0n) is 18.9. The summed E-state index contributed by atoms with van der Waals surface area (Å²) in [6.07, 6.45) is 0. The van der Waals surface area contributed by atoms with Crippen LogP contribution < -0.4 is 10.2 Å². The van der Waals surface area contributed by atoms with E-state index in [9.17, 15) is 14.4 Å². The molecule has 8 heteroatoms. The summed E-state index contributed by atoms with van der Waals surface area (Å²) >= 11 is 6.63. The fraction of sp³-hybridized carbons (Fsp3) is 0.111. The van der Waals surface area contributed by atoms with Gasteiger partial charge in [0.2, 0.25) is 5.91 Å². The third-order valence-corrected chi connectivity index (χ3v) is 7.35. The Balaban J connectivity index is 1.44. The Morgan fingerprint density at radius 3 is 2.34 bits per heavy atom. The highest BCUT2D eigenvalue weighted by molar-refractivity contribution is 8.26. The third-order valence-electron chi connectivity index (χ3n) is 5.90. The molecule has 0 saturated carbocycles. The average Bonchev–Trinajstić information content (AvgIpc) is 3.28. The maximum atomic E-state index is 13.6. The van der Waals surface area contributed by atoms with Crippen LogP contribution in [0.2, 0.25) is 0 Å². The largest absolute Gasteiger partial charge is 0.324 e. The Bertz CT molecular complexity index is 1400. The zero-order valence-corrected chi connectivity index (χ0v) is 20.5. The van der Waals surface area contributed by atoms with Gasteiger partial charge in [-0.15, -0.1) is 0 Å². The minimum Gasteiger partial charge on any atom is -0.324 e. The van der Waals surface area contributed by atoms with Gasteiger partial charge in [-0.3, -0.25) is 24.2 Å². The van der Waals surface area contributed by atoms with E-state index in [1.54, 1.807) is 12.1 Å². The SMILES string of the molecule is Cc1ccccc1NC(=O)CN1C(=O)C(=C2SC(=S)N(Cc3ccccc3)C2=O)c2ccccc21. The quantitative estimate of drug-likeness (QED) is 0.405. The van der Waals surface area contributed by atoms with E-state index in [4.69, 9.17) is 12.2 Å². The first-order valence-electron chi connectivity index (χ1n) is 11.0. The van der Waals surface area contributed by atoms with Crippen molar-refractivity contribution in [2.75, 3.05) is 16.8 Å². The highest BCUT2D eigenvalue weighted by Crippen LogP contribution is 2.44. The Morgan fingerprint density at radius 1 is 0.886 bits per heavy atom. The van der Waals surface area contributed by atoms with E-state index in [0.29, 0.717) is 32.7 Å². The molecule has 1 saturated heterocycles. The predicted molar refractivity (Wildman–Crippen MR) is 143 cm³/mol. The summed E-state index contributed by atoms with van der Waals surface area (Å²) in [6.45, 7) is 2.07. The van der Waals surface area contributed by atoms with Gasteiger partial charge >= 0.3 is 0 Å². The summed E-state index contributed by atoms with van der Waals surface area (Å²) in [5.74, 6) is -1.00. The first-order chi connectivity index (χ1) is 16.9. The van der Waals surface area contributed by atoms with E-state index < -0.39 is 0 Å². The topological polar surface area (TPSA) is 69.7 Å². The Morgan fingerprint density at radius 2 is 1.57 bits per heavy atom. The summed E-state index contributed by atoms with van der Waals surface area (Å²) in [4.78, 5) is 43.0. The second-order valence-corrected chi connectivity index (χ2v) is 9.86. The number of nitrogens with one attached hydrogen (secondary N) is 1. The summed E-state index contributed by atoms with van der Waals surface area (Å²) < 4.78 is 0.405. The van der Waals surface area contributed by atoms with Crippen molar-refractivity contribution < 1.29 is 14.4 Å². The molecule has 2 aliphatic heterocycles. The molecule has 0 atom stereocenters. The molecular weight excluding hydrogens is 478 g/mol. The van der Waals surface area contributed by atoms with Gasteiger partial charge in [0.15, 0.2) is 0 Å². The zero-order chi connectivity index (χ0) is 24.5. The first kappa shape index (κ1) is 23.0. The molecule has 0 aromatic heterocycles.